The Kier molecular flexibility index (Phi) is 4.65. The average Bonchev–Trinajstić information content (AvgIpc) is 2.49. The van der Waals surface area contributed by atoms with E-state index in [9.17, 15) is 0 Å². The van der Waals surface area contributed by atoms with Crippen LogP contribution in [0, 0.1) is 18.8 Å². The van der Waals surface area contributed by atoms with Crippen molar-refractivity contribution in [1.82, 2.24) is 0 Å². The van der Waals surface area contributed by atoms with Crippen LogP contribution >= 0.6 is 0 Å². The molecule has 2 atom stereocenters. The van der Waals surface area contributed by atoms with E-state index in [1.54, 1.807) is 0 Å². The maximum absolute atomic E-state index is 3.87. The third kappa shape index (κ3) is 3.37. The van der Waals surface area contributed by atoms with E-state index in [4.69, 9.17) is 0 Å². The SMILES string of the molecule is Cc1cccc(NC2CCCCC2C2CCCCC2)c1. The van der Waals surface area contributed by atoms with Gasteiger partial charge in [0.1, 0.15) is 0 Å². The van der Waals surface area contributed by atoms with Gasteiger partial charge in [-0.2, -0.15) is 0 Å². The van der Waals surface area contributed by atoms with Crippen LogP contribution in [0.2, 0.25) is 0 Å². The summed E-state index contributed by atoms with van der Waals surface area (Å²) in [5.41, 5.74) is 2.69. The number of hydrogen-bond donors (Lipinski definition) is 1. The first-order valence-corrected chi connectivity index (χ1v) is 8.66. The first-order valence-electron chi connectivity index (χ1n) is 8.66. The van der Waals surface area contributed by atoms with Gasteiger partial charge in [-0.25, -0.2) is 0 Å². The molecule has 2 aliphatic carbocycles. The highest BCUT2D eigenvalue weighted by Crippen LogP contribution is 2.39. The molecule has 0 heterocycles. The van der Waals surface area contributed by atoms with Crippen molar-refractivity contribution >= 4 is 5.69 Å². The summed E-state index contributed by atoms with van der Waals surface area (Å²) in [5.74, 6) is 1.91. The molecule has 2 saturated carbocycles. The maximum atomic E-state index is 3.87. The number of anilines is 1. The lowest BCUT2D eigenvalue weighted by molar-refractivity contribution is 0.180. The van der Waals surface area contributed by atoms with Crippen molar-refractivity contribution < 1.29 is 0 Å². The van der Waals surface area contributed by atoms with Crippen molar-refractivity contribution in [2.75, 3.05) is 5.32 Å². The first-order chi connectivity index (χ1) is 9.83. The molecular formula is C19H29N. The van der Waals surface area contributed by atoms with Crippen LogP contribution in [-0.2, 0) is 0 Å². The van der Waals surface area contributed by atoms with Gasteiger partial charge in [0.25, 0.3) is 0 Å². The van der Waals surface area contributed by atoms with Crippen LogP contribution in [0.15, 0.2) is 24.3 Å². The second-order valence-corrected chi connectivity index (χ2v) is 6.97. The molecule has 0 saturated heterocycles. The summed E-state index contributed by atoms with van der Waals surface area (Å²) in [4.78, 5) is 0. The first kappa shape index (κ1) is 14.0. The van der Waals surface area contributed by atoms with Crippen LogP contribution in [0.4, 0.5) is 5.69 Å². The van der Waals surface area contributed by atoms with E-state index in [0.29, 0.717) is 6.04 Å². The standard InChI is InChI=1S/C19H29N/c1-15-8-7-11-17(14-15)20-19-13-6-5-12-18(19)16-9-3-2-4-10-16/h7-8,11,14,16,18-20H,2-6,9-10,12-13H2,1H3. The lowest BCUT2D eigenvalue weighted by Gasteiger charge is -2.40. The number of rotatable bonds is 3. The van der Waals surface area contributed by atoms with Crippen molar-refractivity contribution in [1.29, 1.82) is 0 Å². The minimum atomic E-state index is 0.716. The molecule has 0 amide bonds. The van der Waals surface area contributed by atoms with E-state index < -0.39 is 0 Å². The second-order valence-electron chi connectivity index (χ2n) is 6.97. The summed E-state index contributed by atoms with van der Waals surface area (Å²) in [6.45, 7) is 2.19. The molecule has 1 heteroatoms. The van der Waals surface area contributed by atoms with Crippen LogP contribution in [0.5, 0.6) is 0 Å². The molecule has 2 aliphatic rings. The summed E-state index contributed by atoms with van der Waals surface area (Å²) >= 11 is 0. The fourth-order valence-corrected chi connectivity index (χ4v) is 4.41. The van der Waals surface area contributed by atoms with Crippen molar-refractivity contribution in [2.24, 2.45) is 11.8 Å². The van der Waals surface area contributed by atoms with Gasteiger partial charge in [-0.15, -0.1) is 0 Å². The van der Waals surface area contributed by atoms with Gasteiger partial charge in [0.15, 0.2) is 0 Å². The van der Waals surface area contributed by atoms with Gasteiger partial charge in [0.2, 0.25) is 0 Å². The molecule has 0 radical (unpaired) electrons. The number of nitrogens with one attached hydrogen (secondary N) is 1. The molecule has 2 unspecified atom stereocenters. The molecule has 0 aromatic heterocycles. The zero-order valence-corrected chi connectivity index (χ0v) is 12.9. The van der Waals surface area contributed by atoms with Gasteiger partial charge in [0, 0.05) is 11.7 Å². The Morgan fingerprint density at radius 2 is 1.65 bits per heavy atom. The van der Waals surface area contributed by atoms with E-state index in [1.807, 2.05) is 0 Å². The molecule has 1 N–H and O–H groups in total. The van der Waals surface area contributed by atoms with Gasteiger partial charge >= 0.3 is 0 Å². The topological polar surface area (TPSA) is 12.0 Å². The van der Waals surface area contributed by atoms with Gasteiger partial charge in [-0.1, -0.05) is 57.1 Å². The van der Waals surface area contributed by atoms with Crippen molar-refractivity contribution in [3.63, 3.8) is 0 Å². The summed E-state index contributed by atoms with van der Waals surface area (Å²) in [6, 6.07) is 9.61. The number of aryl methyl sites for hydroxylation is 1. The molecule has 110 valence electrons. The Bertz CT molecular complexity index is 420. The Labute approximate surface area is 124 Å². The lowest BCUT2D eigenvalue weighted by atomic mass is 9.71. The third-order valence-electron chi connectivity index (χ3n) is 5.44. The Morgan fingerprint density at radius 1 is 0.900 bits per heavy atom. The van der Waals surface area contributed by atoms with Crippen LogP contribution in [0.25, 0.3) is 0 Å². The van der Waals surface area contributed by atoms with E-state index in [1.165, 1.54) is 69.0 Å². The summed E-state index contributed by atoms with van der Waals surface area (Å²) in [7, 11) is 0. The predicted octanol–water partition coefficient (Wildman–Crippen LogP) is 5.55. The van der Waals surface area contributed by atoms with E-state index >= 15 is 0 Å². The quantitative estimate of drug-likeness (QED) is 0.760. The molecule has 0 bridgehead atoms. The fourth-order valence-electron chi connectivity index (χ4n) is 4.41. The van der Waals surface area contributed by atoms with Gasteiger partial charge in [-0.05, 0) is 49.3 Å². The zero-order valence-electron chi connectivity index (χ0n) is 12.9. The molecule has 3 rings (SSSR count). The fraction of sp³-hybridized carbons (Fsp3) is 0.684. The van der Waals surface area contributed by atoms with E-state index in [-0.39, 0.29) is 0 Å². The highest BCUT2D eigenvalue weighted by molar-refractivity contribution is 5.46. The van der Waals surface area contributed by atoms with Crippen molar-refractivity contribution in [3.8, 4) is 0 Å². The largest absolute Gasteiger partial charge is 0.382 e. The minimum Gasteiger partial charge on any atom is -0.382 e. The van der Waals surface area contributed by atoms with E-state index in [0.717, 1.165) is 11.8 Å². The Balaban J connectivity index is 1.68. The molecule has 1 aromatic carbocycles. The Morgan fingerprint density at radius 3 is 2.45 bits per heavy atom. The highest BCUT2D eigenvalue weighted by atomic mass is 14.9. The average molecular weight is 271 g/mol. The lowest BCUT2D eigenvalue weighted by Crippen LogP contribution is -2.37. The Hall–Kier alpha value is -0.980. The summed E-state index contributed by atoms with van der Waals surface area (Å²) in [5, 5.41) is 3.87. The second kappa shape index (κ2) is 6.65. The molecular weight excluding hydrogens is 242 g/mol. The molecule has 0 aliphatic heterocycles. The van der Waals surface area contributed by atoms with Crippen molar-refractivity contribution in [3.05, 3.63) is 29.8 Å². The number of hydrogen-bond acceptors (Lipinski definition) is 1. The molecule has 20 heavy (non-hydrogen) atoms. The van der Waals surface area contributed by atoms with Crippen LogP contribution in [0.1, 0.15) is 63.4 Å². The van der Waals surface area contributed by atoms with Crippen LogP contribution in [0.3, 0.4) is 0 Å². The molecule has 1 nitrogen and oxygen atoms in total. The van der Waals surface area contributed by atoms with E-state index in [2.05, 4.69) is 36.5 Å². The van der Waals surface area contributed by atoms with Gasteiger partial charge in [-0.3, -0.25) is 0 Å². The van der Waals surface area contributed by atoms with Crippen LogP contribution < -0.4 is 5.32 Å². The third-order valence-corrected chi connectivity index (χ3v) is 5.44. The maximum Gasteiger partial charge on any atom is 0.0345 e. The summed E-state index contributed by atoms with van der Waals surface area (Å²) < 4.78 is 0. The van der Waals surface area contributed by atoms with Crippen LogP contribution in [-0.4, -0.2) is 6.04 Å². The molecule has 0 spiro atoms. The number of benzene rings is 1. The monoisotopic (exact) mass is 271 g/mol. The highest BCUT2D eigenvalue weighted by Gasteiger charge is 2.32. The molecule has 2 fully saturated rings. The van der Waals surface area contributed by atoms with Gasteiger partial charge < -0.3 is 5.32 Å². The normalized spacial score (nSPS) is 28.2. The summed E-state index contributed by atoms with van der Waals surface area (Å²) in [6.07, 6.45) is 13.1. The minimum absolute atomic E-state index is 0.716. The zero-order chi connectivity index (χ0) is 13.8. The molecule has 1 aromatic rings. The van der Waals surface area contributed by atoms with Gasteiger partial charge in [0.05, 0.1) is 0 Å². The smallest absolute Gasteiger partial charge is 0.0345 e. The van der Waals surface area contributed by atoms with Crippen molar-refractivity contribution in [2.45, 2.75) is 70.8 Å². The predicted molar refractivity (Wildman–Crippen MR) is 87.1 cm³/mol.